The van der Waals surface area contributed by atoms with E-state index < -0.39 is 11.6 Å². The van der Waals surface area contributed by atoms with Crippen LogP contribution in [0, 0.1) is 40.4 Å². The Kier molecular flexibility index (Phi) is 3.81. The van der Waals surface area contributed by atoms with Crippen LogP contribution >= 0.6 is 11.8 Å². The number of carbonyl (C=O) groups is 3. The van der Waals surface area contributed by atoms with Gasteiger partial charge >= 0.3 is 0 Å². The van der Waals surface area contributed by atoms with Crippen molar-refractivity contribution in [1.29, 1.82) is 0 Å². The number of hydrogen-bond acceptors (Lipinski definition) is 4. The Hall–Kier alpha value is -1.23. The fourth-order valence-corrected chi connectivity index (χ4v) is 8.57. The van der Waals surface area contributed by atoms with Crippen molar-refractivity contribution >= 4 is 28.4 Å². The first-order valence-corrected chi connectivity index (χ1v) is 11.3. The van der Waals surface area contributed by atoms with Crippen molar-refractivity contribution in [2.45, 2.75) is 59.0 Å². The molecule has 0 spiro atoms. The van der Waals surface area contributed by atoms with Gasteiger partial charge in [-0.1, -0.05) is 20.4 Å². The largest absolute Gasteiger partial charge is 0.296 e. The number of Topliss-reactive ketones (excluding diaryl/α,β-unsaturated/α-hetero) is 2. The molecule has 28 heavy (non-hydrogen) atoms. The lowest BCUT2D eigenvalue weighted by Crippen LogP contribution is -2.52. The van der Waals surface area contributed by atoms with Crippen LogP contribution in [0.1, 0.15) is 52.9 Å². The summed E-state index contributed by atoms with van der Waals surface area (Å²) < 4.78 is 14.4. The highest BCUT2D eigenvalue weighted by molar-refractivity contribution is 8.17. The molecule has 0 N–H and O–H groups in total. The van der Waals surface area contributed by atoms with Crippen LogP contribution < -0.4 is 0 Å². The predicted molar refractivity (Wildman–Crippen MR) is 106 cm³/mol. The molecule has 0 heterocycles. The van der Waals surface area contributed by atoms with Crippen molar-refractivity contribution in [3.8, 4) is 0 Å². The highest BCUT2D eigenvalue weighted by Gasteiger charge is 2.69. The van der Waals surface area contributed by atoms with E-state index in [2.05, 4.69) is 13.5 Å². The number of fused-ring (bicyclic) bond motifs is 7. The van der Waals surface area contributed by atoms with Gasteiger partial charge in [-0.05, 0) is 78.7 Å². The first-order chi connectivity index (χ1) is 13.1. The zero-order chi connectivity index (χ0) is 20.2. The molecule has 0 bridgehead atoms. The van der Waals surface area contributed by atoms with Gasteiger partial charge < -0.3 is 0 Å². The Labute approximate surface area is 169 Å². The summed E-state index contributed by atoms with van der Waals surface area (Å²) in [4.78, 5) is 38.0. The maximum Gasteiger partial charge on any atom is 0.190 e. The molecule has 4 saturated carbocycles. The van der Waals surface area contributed by atoms with Crippen LogP contribution in [-0.2, 0) is 14.4 Å². The van der Waals surface area contributed by atoms with Crippen molar-refractivity contribution in [2.24, 2.45) is 40.4 Å². The number of alkyl halides is 1. The van der Waals surface area contributed by atoms with Gasteiger partial charge in [0, 0.05) is 23.7 Å². The first kappa shape index (κ1) is 18.8. The minimum atomic E-state index is -1.34. The molecule has 5 aliphatic carbocycles. The number of hydrogen-bond donors (Lipinski definition) is 0. The molecule has 0 aromatic heterocycles. The van der Waals surface area contributed by atoms with E-state index in [1.807, 2.05) is 6.92 Å². The Morgan fingerprint density at radius 2 is 1.89 bits per heavy atom. The van der Waals surface area contributed by atoms with Crippen LogP contribution in [0.25, 0.3) is 0 Å². The quantitative estimate of drug-likeness (QED) is 0.640. The second kappa shape index (κ2) is 5.68. The van der Waals surface area contributed by atoms with Gasteiger partial charge in [0.25, 0.3) is 0 Å². The monoisotopic (exact) mass is 402 g/mol. The van der Waals surface area contributed by atoms with Crippen LogP contribution in [0.15, 0.2) is 22.6 Å². The molecule has 3 nitrogen and oxygen atoms in total. The van der Waals surface area contributed by atoms with Crippen LogP contribution in [-0.4, -0.2) is 22.9 Å². The van der Waals surface area contributed by atoms with Crippen molar-refractivity contribution in [3.05, 3.63) is 22.6 Å². The molecule has 0 aliphatic heterocycles. The van der Waals surface area contributed by atoms with Crippen LogP contribution in [0.5, 0.6) is 0 Å². The molecule has 5 heteroatoms. The SMILES string of the molecule is C=C1C[C@H]2[C@@H]3C[C@@H](F)C(=O)[C@@]3(C)CC[C@@H]2[C@]2(C)C1=C(SC(C)=O)C(=O)[C@H]1CC12. The summed E-state index contributed by atoms with van der Waals surface area (Å²) in [5.74, 6) is 0.870. The summed E-state index contributed by atoms with van der Waals surface area (Å²) >= 11 is 1.08. The Morgan fingerprint density at radius 3 is 2.57 bits per heavy atom. The van der Waals surface area contributed by atoms with Gasteiger partial charge in [0.15, 0.2) is 22.9 Å². The zero-order valence-corrected chi connectivity index (χ0v) is 17.5. The molecule has 1 unspecified atom stereocenters. The maximum absolute atomic E-state index is 14.4. The molecule has 150 valence electrons. The summed E-state index contributed by atoms with van der Waals surface area (Å²) in [7, 11) is 0. The first-order valence-electron chi connectivity index (χ1n) is 10.4. The molecule has 0 saturated heterocycles. The summed E-state index contributed by atoms with van der Waals surface area (Å²) in [6, 6.07) is 0. The van der Waals surface area contributed by atoms with Crippen molar-refractivity contribution in [1.82, 2.24) is 0 Å². The molecule has 5 rings (SSSR count). The van der Waals surface area contributed by atoms with Gasteiger partial charge in [-0.2, -0.15) is 0 Å². The number of halogens is 1. The van der Waals surface area contributed by atoms with Crippen molar-refractivity contribution < 1.29 is 18.8 Å². The standard InChI is InChI=1S/C23H27FO3S/c1-10-7-12-14(5-6-22(3)15(12)9-17(24)21(22)27)23(4)16-8-13(16)19(26)20(18(10)23)28-11(2)25/h12-17H,1,5-9H2,2-4H3/t12-,13+,14+,15+,16?,17-,22+,23+/m1/s1. The van der Waals surface area contributed by atoms with E-state index in [9.17, 15) is 18.8 Å². The van der Waals surface area contributed by atoms with E-state index in [1.54, 1.807) is 0 Å². The Bertz CT molecular complexity index is 875. The molecule has 0 aromatic rings. The third kappa shape index (κ3) is 2.15. The van der Waals surface area contributed by atoms with Gasteiger partial charge in [-0.15, -0.1) is 0 Å². The molecular weight excluding hydrogens is 375 g/mol. The van der Waals surface area contributed by atoms with Gasteiger partial charge in [-0.25, -0.2) is 4.39 Å². The Morgan fingerprint density at radius 1 is 1.18 bits per heavy atom. The van der Waals surface area contributed by atoms with E-state index in [4.69, 9.17) is 0 Å². The van der Waals surface area contributed by atoms with Gasteiger partial charge in [0.1, 0.15) is 0 Å². The molecule has 4 fully saturated rings. The average Bonchev–Trinajstić information content (AvgIpc) is 3.38. The predicted octanol–water partition coefficient (Wildman–Crippen LogP) is 4.66. The van der Waals surface area contributed by atoms with Gasteiger partial charge in [0.2, 0.25) is 0 Å². The van der Waals surface area contributed by atoms with E-state index in [-0.39, 0.29) is 39.9 Å². The number of ketones is 2. The van der Waals surface area contributed by atoms with E-state index >= 15 is 0 Å². The summed E-state index contributed by atoms with van der Waals surface area (Å²) in [6.45, 7) is 10.1. The van der Waals surface area contributed by atoms with Crippen LogP contribution in [0.2, 0.25) is 0 Å². The van der Waals surface area contributed by atoms with Crippen LogP contribution in [0.4, 0.5) is 4.39 Å². The zero-order valence-electron chi connectivity index (χ0n) is 16.7. The van der Waals surface area contributed by atoms with Crippen LogP contribution in [0.3, 0.4) is 0 Å². The molecule has 5 aliphatic rings. The molecule has 0 amide bonds. The summed E-state index contributed by atoms with van der Waals surface area (Å²) in [5.41, 5.74) is 1.21. The lowest BCUT2D eigenvalue weighted by atomic mass is 9.46. The highest BCUT2D eigenvalue weighted by atomic mass is 32.2. The second-order valence-corrected chi connectivity index (χ2v) is 11.3. The maximum atomic E-state index is 14.4. The fourth-order valence-electron chi connectivity index (χ4n) is 7.57. The molecule has 8 atom stereocenters. The summed E-state index contributed by atoms with van der Waals surface area (Å²) in [6.07, 6.45) is 2.21. The highest BCUT2D eigenvalue weighted by Crippen LogP contribution is 2.73. The van der Waals surface area contributed by atoms with E-state index in [1.165, 1.54) is 6.92 Å². The fraction of sp³-hybridized carbons (Fsp3) is 0.696. The minimum Gasteiger partial charge on any atom is -0.296 e. The molecular formula is C23H27FO3S. The van der Waals surface area contributed by atoms with E-state index in [0.717, 1.165) is 42.2 Å². The normalized spacial score (nSPS) is 49.4. The number of thioether (sulfide) groups is 1. The van der Waals surface area contributed by atoms with Crippen molar-refractivity contribution in [3.63, 3.8) is 0 Å². The van der Waals surface area contributed by atoms with Gasteiger partial charge in [-0.3, -0.25) is 14.4 Å². The Balaban J connectivity index is 1.62. The lowest BCUT2D eigenvalue weighted by Gasteiger charge is -2.57. The van der Waals surface area contributed by atoms with E-state index in [0.29, 0.717) is 29.6 Å². The average molecular weight is 403 g/mol. The lowest BCUT2D eigenvalue weighted by molar-refractivity contribution is -0.135. The third-order valence-electron chi connectivity index (χ3n) is 8.87. The summed E-state index contributed by atoms with van der Waals surface area (Å²) in [5, 5.41) is -0.0647. The number of carbonyl (C=O) groups excluding carboxylic acids is 3. The minimum absolute atomic E-state index is 0.0228. The third-order valence-corrected chi connectivity index (χ3v) is 9.77. The van der Waals surface area contributed by atoms with Crippen molar-refractivity contribution in [2.75, 3.05) is 0 Å². The molecule has 0 radical (unpaired) electrons. The number of rotatable bonds is 1. The second-order valence-electron chi connectivity index (χ2n) is 10.1. The smallest absolute Gasteiger partial charge is 0.190 e. The number of allylic oxidation sites excluding steroid dienone is 2. The van der Waals surface area contributed by atoms with Gasteiger partial charge in [0.05, 0.1) is 4.91 Å². The molecule has 0 aromatic carbocycles. The topological polar surface area (TPSA) is 51.2 Å².